The second kappa shape index (κ2) is 6.66. The number of carbonyl (C=O) groups is 2. The fourth-order valence-corrected chi connectivity index (χ4v) is 2.58. The Morgan fingerprint density at radius 2 is 1.96 bits per heavy atom. The Hall–Kier alpha value is -2.96. The number of aromatic nitrogens is 1. The molecule has 124 valence electrons. The van der Waals surface area contributed by atoms with Crippen LogP contribution in [0.1, 0.15) is 12.5 Å². The summed E-state index contributed by atoms with van der Waals surface area (Å²) in [4.78, 5) is 31.0. The number of hydrogen-bond acceptors (Lipinski definition) is 3. The fraction of sp³-hybridized carbons (Fsp3) is 0.235. The Labute approximate surface area is 138 Å². The third-order valence-electron chi connectivity index (χ3n) is 3.73. The van der Waals surface area contributed by atoms with Crippen molar-refractivity contribution in [1.82, 2.24) is 9.88 Å². The molecule has 0 saturated carbocycles. The largest absolute Gasteiger partial charge is 0.326 e. The molecule has 0 spiro atoms. The number of anilines is 2. The van der Waals surface area contributed by atoms with Crippen LogP contribution in [-0.4, -0.2) is 34.9 Å². The molecule has 1 aliphatic heterocycles. The van der Waals surface area contributed by atoms with Crippen LogP contribution in [0.5, 0.6) is 0 Å². The summed E-state index contributed by atoms with van der Waals surface area (Å²) in [6, 6.07) is 9.38. The summed E-state index contributed by atoms with van der Waals surface area (Å²) in [7, 11) is 0. The van der Waals surface area contributed by atoms with Gasteiger partial charge < -0.3 is 10.2 Å². The van der Waals surface area contributed by atoms with Crippen molar-refractivity contribution in [3.63, 3.8) is 0 Å². The van der Waals surface area contributed by atoms with Crippen LogP contribution >= 0.6 is 0 Å². The minimum Gasteiger partial charge on any atom is -0.325 e. The van der Waals surface area contributed by atoms with Gasteiger partial charge in [-0.3, -0.25) is 9.69 Å². The zero-order valence-electron chi connectivity index (χ0n) is 13.2. The molecular formula is C17H17FN4O2. The number of urea groups is 1. The lowest BCUT2D eigenvalue weighted by Gasteiger charge is -2.18. The van der Waals surface area contributed by atoms with Crippen molar-refractivity contribution in [2.45, 2.75) is 13.5 Å². The molecule has 1 saturated heterocycles. The van der Waals surface area contributed by atoms with Gasteiger partial charge in [-0.05, 0) is 29.8 Å². The molecule has 0 unspecified atom stereocenters. The Morgan fingerprint density at radius 3 is 2.58 bits per heavy atom. The zero-order chi connectivity index (χ0) is 17.1. The van der Waals surface area contributed by atoms with Gasteiger partial charge in [-0.1, -0.05) is 12.1 Å². The number of hydrogen-bond donors (Lipinski definition) is 1. The summed E-state index contributed by atoms with van der Waals surface area (Å²) < 4.78 is 12.9. The number of halogens is 1. The number of nitrogens with one attached hydrogen (secondary N) is 1. The second-order valence-corrected chi connectivity index (χ2v) is 5.57. The van der Waals surface area contributed by atoms with E-state index >= 15 is 0 Å². The summed E-state index contributed by atoms with van der Waals surface area (Å²) in [5, 5.41) is 2.63. The van der Waals surface area contributed by atoms with E-state index in [1.54, 1.807) is 34.1 Å². The summed E-state index contributed by atoms with van der Waals surface area (Å²) in [6.45, 7) is 2.96. The summed E-state index contributed by atoms with van der Waals surface area (Å²) in [5.74, 6) is 0.0690. The van der Waals surface area contributed by atoms with Crippen molar-refractivity contribution in [2.75, 3.05) is 23.3 Å². The van der Waals surface area contributed by atoms with Crippen molar-refractivity contribution in [2.24, 2.45) is 0 Å². The number of amides is 3. The van der Waals surface area contributed by atoms with Crippen molar-refractivity contribution >= 4 is 23.4 Å². The Kier molecular flexibility index (Phi) is 4.41. The summed E-state index contributed by atoms with van der Waals surface area (Å²) in [6.07, 6.45) is 1.52. The SMILES string of the molecule is CC(=O)Nc1ccc(N2CCN(Cc3ccc(F)cc3)C2=O)nc1. The highest BCUT2D eigenvalue weighted by Gasteiger charge is 2.30. The van der Waals surface area contributed by atoms with Crippen LogP contribution in [0.2, 0.25) is 0 Å². The Morgan fingerprint density at radius 1 is 1.21 bits per heavy atom. The van der Waals surface area contributed by atoms with E-state index in [0.717, 1.165) is 5.56 Å². The molecule has 1 N–H and O–H groups in total. The monoisotopic (exact) mass is 328 g/mol. The predicted octanol–water partition coefficient (Wildman–Crippen LogP) is 2.62. The van der Waals surface area contributed by atoms with Gasteiger partial charge in [0, 0.05) is 26.6 Å². The molecule has 0 atom stereocenters. The molecule has 3 amide bonds. The number of carbonyl (C=O) groups excluding carboxylic acids is 2. The lowest BCUT2D eigenvalue weighted by atomic mass is 10.2. The fourth-order valence-electron chi connectivity index (χ4n) is 2.58. The molecule has 2 heterocycles. The minimum atomic E-state index is -0.295. The van der Waals surface area contributed by atoms with E-state index in [0.29, 0.717) is 31.1 Å². The average Bonchev–Trinajstić information content (AvgIpc) is 2.91. The first-order valence-corrected chi connectivity index (χ1v) is 7.57. The zero-order valence-corrected chi connectivity index (χ0v) is 13.2. The summed E-state index contributed by atoms with van der Waals surface area (Å²) in [5.41, 5.74) is 1.46. The molecular weight excluding hydrogens is 311 g/mol. The number of rotatable bonds is 4. The average molecular weight is 328 g/mol. The molecule has 0 bridgehead atoms. The van der Waals surface area contributed by atoms with Gasteiger partial charge in [0.05, 0.1) is 11.9 Å². The maximum atomic E-state index is 12.9. The van der Waals surface area contributed by atoms with Gasteiger partial charge in [0.2, 0.25) is 5.91 Å². The number of nitrogens with zero attached hydrogens (tertiary/aromatic N) is 3. The van der Waals surface area contributed by atoms with Gasteiger partial charge in [-0.15, -0.1) is 0 Å². The van der Waals surface area contributed by atoms with Crippen molar-refractivity contribution in [3.8, 4) is 0 Å². The molecule has 2 aromatic rings. The highest BCUT2D eigenvalue weighted by Crippen LogP contribution is 2.21. The smallest absolute Gasteiger partial charge is 0.325 e. The lowest BCUT2D eigenvalue weighted by molar-refractivity contribution is -0.114. The van der Waals surface area contributed by atoms with E-state index < -0.39 is 0 Å². The van der Waals surface area contributed by atoms with Crippen LogP contribution in [0.4, 0.5) is 20.7 Å². The molecule has 1 aliphatic rings. The molecule has 1 aromatic carbocycles. The van der Waals surface area contributed by atoms with Gasteiger partial charge in [-0.25, -0.2) is 14.2 Å². The van der Waals surface area contributed by atoms with Gasteiger partial charge in [0.1, 0.15) is 11.6 Å². The predicted molar refractivity (Wildman–Crippen MR) is 88.1 cm³/mol. The topological polar surface area (TPSA) is 65.5 Å². The van der Waals surface area contributed by atoms with Gasteiger partial charge in [0.25, 0.3) is 0 Å². The van der Waals surface area contributed by atoms with Gasteiger partial charge >= 0.3 is 6.03 Å². The van der Waals surface area contributed by atoms with Crippen LogP contribution in [0, 0.1) is 5.82 Å². The third kappa shape index (κ3) is 3.51. The van der Waals surface area contributed by atoms with Crippen LogP contribution in [0.15, 0.2) is 42.6 Å². The van der Waals surface area contributed by atoms with E-state index in [1.807, 2.05) is 0 Å². The highest BCUT2D eigenvalue weighted by atomic mass is 19.1. The molecule has 3 rings (SSSR count). The van der Waals surface area contributed by atoms with E-state index in [-0.39, 0.29) is 17.8 Å². The standard InChI is InChI=1S/C17H17FN4O2/c1-12(23)20-15-6-7-16(19-10-15)22-9-8-21(17(22)24)11-13-2-4-14(18)5-3-13/h2-7,10H,8-9,11H2,1H3,(H,20,23). The first-order chi connectivity index (χ1) is 11.5. The van der Waals surface area contributed by atoms with Crippen molar-refractivity contribution < 1.29 is 14.0 Å². The highest BCUT2D eigenvalue weighted by molar-refractivity contribution is 5.93. The van der Waals surface area contributed by atoms with Crippen LogP contribution < -0.4 is 10.2 Å². The number of pyridine rings is 1. The van der Waals surface area contributed by atoms with Crippen LogP contribution in [-0.2, 0) is 11.3 Å². The molecule has 7 heteroatoms. The molecule has 1 fully saturated rings. The normalized spacial score (nSPS) is 14.2. The van der Waals surface area contributed by atoms with Gasteiger partial charge in [0.15, 0.2) is 0 Å². The van der Waals surface area contributed by atoms with Crippen LogP contribution in [0.25, 0.3) is 0 Å². The first kappa shape index (κ1) is 15.9. The minimum absolute atomic E-state index is 0.140. The maximum absolute atomic E-state index is 12.9. The van der Waals surface area contributed by atoms with Gasteiger partial charge in [-0.2, -0.15) is 0 Å². The quantitative estimate of drug-likeness (QED) is 0.938. The second-order valence-electron chi connectivity index (χ2n) is 5.57. The van der Waals surface area contributed by atoms with E-state index in [2.05, 4.69) is 10.3 Å². The first-order valence-electron chi connectivity index (χ1n) is 7.57. The van der Waals surface area contributed by atoms with Crippen molar-refractivity contribution in [3.05, 3.63) is 54.0 Å². The molecule has 24 heavy (non-hydrogen) atoms. The van der Waals surface area contributed by atoms with Crippen molar-refractivity contribution in [1.29, 1.82) is 0 Å². The van der Waals surface area contributed by atoms with E-state index in [4.69, 9.17) is 0 Å². The molecule has 1 aromatic heterocycles. The molecule has 6 nitrogen and oxygen atoms in total. The van der Waals surface area contributed by atoms with E-state index in [1.165, 1.54) is 25.3 Å². The Balaban J connectivity index is 1.67. The number of benzene rings is 1. The lowest BCUT2D eigenvalue weighted by Crippen LogP contribution is -2.31. The third-order valence-corrected chi connectivity index (χ3v) is 3.73. The van der Waals surface area contributed by atoms with Crippen LogP contribution in [0.3, 0.4) is 0 Å². The maximum Gasteiger partial charge on any atom is 0.326 e. The Bertz CT molecular complexity index is 746. The summed E-state index contributed by atoms with van der Waals surface area (Å²) >= 11 is 0. The molecule has 0 aliphatic carbocycles. The molecule has 0 radical (unpaired) electrons. The van der Waals surface area contributed by atoms with E-state index in [9.17, 15) is 14.0 Å².